The average molecular weight is 218 g/mol. The molecular weight excluding hydrogens is 196 g/mol. The summed E-state index contributed by atoms with van der Waals surface area (Å²) >= 11 is 0. The Balaban J connectivity index is 1.79. The highest BCUT2D eigenvalue weighted by atomic mass is 16.3. The number of hydrogen-bond donors (Lipinski definition) is 1. The van der Waals surface area contributed by atoms with Gasteiger partial charge in [-0.25, -0.2) is 0 Å². The molecule has 0 spiro atoms. The SMILES string of the molecule is C[C@H](O)[C@H](C)/C=C1\C[C@H]2C[C@@H]1[C@@H]1C=CC[C@H]21. The fraction of sp³-hybridized carbons (Fsp3) is 0.733. The Morgan fingerprint density at radius 3 is 3.00 bits per heavy atom. The largest absolute Gasteiger partial charge is 0.393 e. The molecule has 0 aliphatic heterocycles. The number of allylic oxidation sites excluding steroid dienone is 3. The van der Waals surface area contributed by atoms with Crippen molar-refractivity contribution < 1.29 is 5.11 Å². The van der Waals surface area contributed by atoms with Crippen LogP contribution >= 0.6 is 0 Å². The minimum atomic E-state index is -0.207. The zero-order valence-corrected chi connectivity index (χ0v) is 10.3. The maximum absolute atomic E-state index is 9.58. The molecule has 0 saturated heterocycles. The van der Waals surface area contributed by atoms with Crippen molar-refractivity contribution >= 4 is 0 Å². The lowest BCUT2D eigenvalue weighted by molar-refractivity contribution is 0.156. The molecule has 0 radical (unpaired) electrons. The molecule has 88 valence electrons. The summed E-state index contributed by atoms with van der Waals surface area (Å²) in [7, 11) is 0. The van der Waals surface area contributed by atoms with Gasteiger partial charge < -0.3 is 5.11 Å². The van der Waals surface area contributed by atoms with E-state index in [9.17, 15) is 5.11 Å². The zero-order valence-electron chi connectivity index (χ0n) is 10.3. The number of aliphatic hydroxyl groups is 1. The molecule has 3 aliphatic rings. The molecule has 2 saturated carbocycles. The third-order valence-electron chi connectivity index (χ3n) is 5.10. The van der Waals surface area contributed by atoms with Gasteiger partial charge in [-0.1, -0.05) is 30.7 Å². The molecule has 1 nitrogen and oxygen atoms in total. The minimum Gasteiger partial charge on any atom is -0.393 e. The van der Waals surface area contributed by atoms with E-state index in [4.69, 9.17) is 0 Å². The van der Waals surface area contributed by atoms with Gasteiger partial charge in [-0.15, -0.1) is 0 Å². The summed E-state index contributed by atoms with van der Waals surface area (Å²) in [5.74, 6) is 3.88. The van der Waals surface area contributed by atoms with E-state index in [1.165, 1.54) is 19.3 Å². The van der Waals surface area contributed by atoms with Gasteiger partial charge >= 0.3 is 0 Å². The highest BCUT2D eigenvalue weighted by molar-refractivity contribution is 5.27. The topological polar surface area (TPSA) is 20.2 Å². The summed E-state index contributed by atoms with van der Waals surface area (Å²) in [6.45, 7) is 4.03. The summed E-state index contributed by atoms with van der Waals surface area (Å²) in [6, 6.07) is 0. The Hall–Kier alpha value is -0.560. The second-order valence-corrected chi connectivity index (χ2v) is 6.05. The summed E-state index contributed by atoms with van der Waals surface area (Å²) in [5, 5.41) is 9.58. The molecule has 0 aromatic carbocycles. The molecule has 0 aromatic heterocycles. The Bertz CT molecular complexity index is 339. The van der Waals surface area contributed by atoms with Crippen LogP contribution in [0.2, 0.25) is 0 Å². The normalized spacial score (nSPS) is 46.3. The fourth-order valence-electron chi connectivity index (χ4n) is 4.05. The highest BCUT2D eigenvalue weighted by Gasteiger charge is 2.49. The Morgan fingerprint density at radius 1 is 1.44 bits per heavy atom. The zero-order chi connectivity index (χ0) is 11.3. The summed E-state index contributed by atoms with van der Waals surface area (Å²) in [4.78, 5) is 0. The lowest BCUT2D eigenvalue weighted by Crippen LogP contribution is -2.20. The number of hydrogen-bond acceptors (Lipinski definition) is 1. The van der Waals surface area contributed by atoms with Gasteiger partial charge in [-0.05, 0) is 55.8 Å². The number of rotatable bonds is 2. The third kappa shape index (κ3) is 1.48. The van der Waals surface area contributed by atoms with Gasteiger partial charge in [0.25, 0.3) is 0 Å². The van der Waals surface area contributed by atoms with Crippen molar-refractivity contribution in [1.82, 2.24) is 0 Å². The molecule has 0 amide bonds. The number of fused-ring (bicyclic) bond motifs is 5. The van der Waals surface area contributed by atoms with Crippen molar-refractivity contribution in [3.63, 3.8) is 0 Å². The molecular formula is C15H22O. The Kier molecular flexibility index (Phi) is 2.47. The van der Waals surface area contributed by atoms with Crippen LogP contribution in [0, 0.1) is 29.6 Å². The highest BCUT2D eigenvalue weighted by Crippen LogP contribution is 2.58. The van der Waals surface area contributed by atoms with Gasteiger partial charge in [-0.2, -0.15) is 0 Å². The molecule has 2 bridgehead atoms. The van der Waals surface area contributed by atoms with Gasteiger partial charge in [0.2, 0.25) is 0 Å². The van der Waals surface area contributed by atoms with Crippen LogP contribution in [0.3, 0.4) is 0 Å². The molecule has 16 heavy (non-hydrogen) atoms. The summed E-state index contributed by atoms with van der Waals surface area (Å²) in [6.07, 6.45) is 11.0. The number of aliphatic hydroxyl groups excluding tert-OH is 1. The van der Waals surface area contributed by atoms with Gasteiger partial charge in [0.05, 0.1) is 6.10 Å². The molecule has 0 aromatic rings. The van der Waals surface area contributed by atoms with E-state index in [0.717, 1.165) is 23.7 Å². The predicted molar refractivity (Wildman–Crippen MR) is 65.9 cm³/mol. The van der Waals surface area contributed by atoms with Crippen LogP contribution in [0.1, 0.15) is 33.1 Å². The van der Waals surface area contributed by atoms with E-state index >= 15 is 0 Å². The van der Waals surface area contributed by atoms with Crippen LogP contribution < -0.4 is 0 Å². The van der Waals surface area contributed by atoms with Gasteiger partial charge in [0.15, 0.2) is 0 Å². The van der Waals surface area contributed by atoms with Crippen molar-refractivity contribution in [2.45, 2.75) is 39.2 Å². The first-order valence-electron chi connectivity index (χ1n) is 6.72. The van der Waals surface area contributed by atoms with E-state index < -0.39 is 0 Å². The Morgan fingerprint density at radius 2 is 2.25 bits per heavy atom. The van der Waals surface area contributed by atoms with E-state index in [1.807, 2.05) is 6.92 Å². The first-order chi connectivity index (χ1) is 7.66. The second-order valence-electron chi connectivity index (χ2n) is 6.05. The van der Waals surface area contributed by atoms with Gasteiger partial charge in [0.1, 0.15) is 0 Å². The van der Waals surface area contributed by atoms with Crippen LogP contribution in [0.25, 0.3) is 0 Å². The van der Waals surface area contributed by atoms with Crippen LogP contribution in [0.4, 0.5) is 0 Å². The molecule has 1 heteroatoms. The third-order valence-corrected chi connectivity index (χ3v) is 5.10. The molecule has 0 unspecified atom stereocenters. The quantitative estimate of drug-likeness (QED) is 0.706. The van der Waals surface area contributed by atoms with Crippen LogP contribution in [0.5, 0.6) is 0 Å². The lowest BCUT2D eigenvalue weighted by Gasteiger charge is -2.27. The van der Waals surface area contributed by atoms with Crippen molar-refractivity contribution in [1.29, 1.82) is 0 Å². The van der Waals surface area contributed by atoms with Crippen molar-refractivity contribution in [3.8, 4) is 0 Å². The first-order valence-corrected chi connectivity index (χ1v) is 6.72. The van der Waals surface area contributed by atoms with Gasteiger partial charge in [0, 0.05) is 0 Å². The van der Waals surface area contributed by atoms with E-state index in [0.29, 0.717) is 5.92 Å². The van der Waals surface area contributed by atoms with Crippen LogP contribution in [-0.2, 0) is 0 Å². The van der Waals surface area contributed by atoms with Crippen molar-refractivity contribution in [2.24, 2.45) is 29.6 Å². The minimum absolute atomic E-state index is 0.207. The standard InChI is InChI=1S/C15H22O/c1-9(10(2)16)6-11-7-12-8-15(11)14-5-3-4-13(12)14/h3,5-6,9-10,12-16H,4,7-8H2,1-2H3/b11-6+/t9-,10+,12+,13-,14-,15+/m1/s1. The van der Waals surface area contributed by atoms with E-state index in [-0.39, 0.29) is 6.10 Å². The molecule has 0 heterocycles. The summed E-state index contributed by atoms with van der Waals surface area (Å²) in [5.41, 5.74) is 1.64. The first kappa shape index (κ1) is 10.6. The predicted octanol–water partition coefficient (Wildman–Crippen LogP) is 3.16. The monoisotopic (exact) mass is 218 g/mol. The van der Waals surface area contributed by atoms with Gasteiger partial charge in [-0.3, -0.25) is 0 Å². The average Bonchev–Trinajstić information content (AvgIpc) is 2.87. The molecule has 2 fully saturated rings. The van der Waals surface area contributed by atoms with Crippen molar-refractivity contribution in [3.05, 3.63) is 23.8 Å². The van der Waals surface area contributed by atoms with Crippen molar-refractivity contribution in [2.75, 3.05) is 0 Å². The maximum atomic E-state index is 9.58. The molecule has 3 aliphatic carbocycles. The van der Waals surface area contributed by atoms with Crippen LogP contribution in [0.15, 0.2) is 23.8 Å². The lowest BCUT2D eigenvalue weighted by atomic mass is 9.78. The smallest absolute Gasteiger partial charge is 0.0572 e. The van der Waals surface area contributed by atoms with E-state index in [1.54, 1.807) is 5.57 Å². The van der Waals surface area contributed by atoms with Crippen LogP contribution in [-0.4, -0.2) is 11.2 Å². The molecule has 1 N–H and O–H groups in total. The molecule has 6 atom stereocenters. The fourth-order valence-corrected chi connectivity index (χ4v) is 4.05. The van der Waals surface area contributed by atoms with E-state index in [2.05, 4.69) is 25.2 Å². The summed E-state index contributed by atoms with van der Waals surface area (Å²) < 4.78 is 0. The maximum Gasteiger partial charge on any atom is 0.0572 e. The Labute approximate surface area is 98.2 Å². The molecule has 3 rings (SSSR count). The second kappa shape index (κ2) is 3.73.